The third-order valence-corrected chi connectivity index (χ3v) is 6.03. The summed E-state index contributed by atoms with van der Waals surface area (Å²) in [6.45, 7) is 4.62. The average Bonchev–Trinajstić information content (AvgIpc) is 3.21. The fourth-order valence-electron chi connectivity index (χ4n) is 3.97. The molecule has 3 aromatic rings. The fourth-order valence-corrected chi connectivity index (χ4v) is 4.16. The van der Waals surface area contributed by atoms with Gasteiger partial charge < -0.3 is 14.5 Å². The van der Waals surface area contributed by atoms with Crippen molar-refractivity contribution in [1.29, 1.82) is 0 Å². The molecule has 0 unspecified atom stereocenters. The van der Waals surface area contributed by atoms with Crippen molar-refractivity contribution in [2.24, 2.45) is 5.10 Å². The molecule has 0 bridgehead atoms. The predicted molar refractivity (Wildman–Crippen MR) is 137 cm³/mol. The zero-order valence-corrected chi connectivity index (χ0v) is 20.6. The number of hydrogen-bond acceptors (Lipinski definition) is 5. The summed E-state index contributed by atoms with van der Waals surface area (Å²) in [5.74, 6) is 1.03. The molecule has 8 heteroatoms. The molecule has 0 saturated heterocycles. The van der Waals surface area contributed by atoms with Crippen LogP contribution in [-0.4, -0.2) is 24.1 Å². The maximum Gasteiger partial charge on any atom is 0.291 e. The number of aryl methyl sites for hydroxylation is 1. The number of amides is 2. The minimum absolute atomic E-state index is 0.244. The maximum atomic E-state index is 13.0. The highest BCUT2D eigenvalue weighted by Crippen LogP contribution is 2.30. The summed E-state index contributed by atoms with van der Waals surface area (Å²) >= 11 is 5.98. The van der Waals surface area contributed by atoms with Crippen LogP contribution in [0.15, 0.2) is 58.0 Å². The summed E-state index contributed by atoms with van der Waals surface area (Å²) in [5, 5.41) is 7.72. The first-order valence-electron chi connectivity index (χ1n) is 11.8. The first-order chi connectivity index (χ1) is 17.0. The standard InChI is InChI=1S/C27H28ClN3O4/c1-3-4-15-34-21-13-11-20(12-14-21)29-27(33)25-17(2)24-22(9-6-10-23(24)35-25)30-31-26(32)18-7-5-8-19(28)16-18/h5,7-8,11-14,16H,3-4,6,9-10,15H2,1-2H3,(H,29,33)(H,31,32)/b30-22+. The second-order valence-corrected chi connectivity index (χ2v) is 8.83. The number of hydrogen-bond donors (Lipinski definition) is 2. The van der Waals surface area contributed by atoms with E-state index in [0.29, 0.717) is 52.8 Å². The summed E-state index contributed by atoms with van der Waals surface area (Å²) in [7, 11) is 0. The molecule has 2 amide bonds. The molecule has 0 saturated carbocycles. The number of furan rings is 1. The lowest BCUT2D eigenvalue weighted by Gasteiger charge is -2.13. The van der Waals surface area contributed by atoms with E-state index in [9.17, 15) is 9.59 Å². The van der Waals surface area contributed by atoms with E-state index in [2.05, 4.69) is 22.8 Å². The van der Waals surface area contributed by atoms with Crippen LogP contribution < -0.4 is 15.5 Å². The van der Waals surface area contributed by atoms with E-state index in [1.54, 1.807) is 36.4 Å². The smallest absolute Gasteiger partial charge is 0.291 e. The van der Waals surface area contributed by atoms with Gasteiger partial charge in [-0.05, 0) is 68.7 Å². The Bertz CT molecular complexity index is 1250. The van der Waals surface area contributed by atoms with Crippen molar-refractivity contribution < 1.29 is 18.7 Å². The van der Waals surface area contributed by atoms with Gasteiger partial charge in [0.05, 0.1) is 12.3 Å². The molecule has 0 aliphatic heterocycles. The van der Waals surface area contributed by atoms with Crippen molar-refractivity contribution >= 4 is 34.8 Å². The molecule has 1 aliphatic rings. The van der Waals surface area contributed by atoms with Gasteiger partial charge in [0, 0.05) is 33.8 Å². The first-order valence-corrected chi connectivity index (χ1v) is 12.1. The van der Waals surface area contributed by atoms with Crippen LogP contribution in [0.5, 0.6) is 5.75 Å². The molecule has 2 N–H and O–H groups in total. The van der Waals surface area contributed by atoms with Gasteiger partial charge in [-0.3, -0.25) is 9.59 Å². The zero-order chi connectivity index (χ0) is 24.8. The summed E-state index contributed by atoms with van der Waals surface area (Å²) in [5.41, 5.74) is 5.85. The highest BCUT2D eigenvalue weighted by Gasteiger charge is 2.28. The number of benzene rings is 2. The summed E-state index contributed by atoms with van der Waals surface area (Å²) in [4.78, 5) is 25.5. The lowest BCUT2D eigenvalue weighted by Crippen LogP contribution is -2.22. The van der Waals surface area contributed by atoms with Crippen LogP contribution in [0.25, 0.3) is 0 Å². The lowest BCUT2D eigenvalue weighted by atomic mass is 9.93. The largest absolute Gasteiger partial charge is 0.494 e. The fraction of sp³-hybridized carbons (Fsp3) is 0.296. The number of halogens is 1. The second-order valence-electron chi connectivity index (χ2n) is 8.40. The van der Waals surface area contributed by atoms with Crippen molar-refractivity contribution in [3.8, 4) is 5.75 Å². The van der Waals surface area contributed by atoms with E-state index in [1.165, 1.54) is 0 Å². The quantitative estimate of drug-likeness (QED) is 0.291. The van der Waals surface area contributed by atoms with E-state index < -0.39 is 0 Å². The van der Waals surface area contributed by atoms with Crippen molar-refractivity contribution in [3.05, 3.63) is 81.8 Å². The Morgan fingerprint density at radius 3 is 2.66 bits per heavy atom. The van der Waals surface area contributed by atoms with Crippen LogP contribution >= 0.6 is 11.6 Å². The van der Waals surface area contributed by atoms with Gasteiger partial charge in [0.15, 0.2) is 5.76 Å². The van der Waals surface area contributed by atoms with Crippen LogP contribution in [0.2, 0.25) is 5.02 Å². The molecular weight excluding hydrogens is 466 g/mol. The molecule has 0 radical (unpaired) electrons. The molecule has 2 aromatic carbocycles. The van der Waals surface area contributed by atoms with Gasteiger partial charge >= 0.3 is 0 Å². The van der Waals surface area contributed by atoms with Crippen LogP contribution in [0.1, 0.15) is 70.4 Å². The van der Waals surface area contributed by atoms with Crippen LogP contribution in [0.4, 0.5) is 5.69 Å². The Balaban J connectivity index is 1.47. The average molecular weight is 494 g/mol. The molecule has 7 nitrogen and oxygen atoms in total. The van der Waals surface area contributed by atoms with E-state index >= 15 is 0 Å². The number of nitrogens with zero attached hydrogens (tertiary/aromatic N) is 1. The minimum atomic E-state index is -0.353. The Morgan fingerprint density at radius 2 is 1.91 bits per heavy atom. The maximum absolute atomic E-state index is 13.0. The number of unbranched alkanes of at least 4 members (excludes halogenated alkanes) is 1. The van der Waals surface area contributed by atoms with Gasteiger partial charge in [-0.25, -0.2) is 5.43 Å². The van der Waals surface area contributed by atoms with Crippen LogP contribution in [0.3, 0.4) is 0 Å². The Morgan fingerprint density at radius 1 is 1.11 bits per heavy atom. The van der Waals surface area contributed by atoms with Crippen molar-refractivity contribution in [2.45, 2.75) is 46.0 Å². The number of fused-ring (bicyclic) bond motifs is 1. The molecule has 182 valence electrons. The molecular formula is C27H28ClN3O4. The van der Waals surface area contributed by atoms with Gasteiger partial charge in [0.2, 0.25) is 0 Å². The molecule has 1 heterocycles. The molecule has 0 fully saturated rings. The topological polar surface area (TPSA) is 92.9 Å². The number of hydrazone groups is 1. The molecule has 4 rings (SSSR count). The Labute approximate surface area is 209 Å². The monoisotopic (exact) mass is 493 g/mol. The van der Waals surface area contributed by atoms with Gasteiger partial charge in [0.25, 0.3) is 11.8 Å². The second kappa shape index (κ2) is 11.2. The predicted octanol–water partition coefficient (Wildman–Crippen LogP) is 6.14. The van der Waals surface area contributed by atoms with Crippen LogP contribution in [0, 0.1) is 6.92 Å². The third-order valence-electron chi connectivity index (χ3n) is 5.79. The summed E-state index contributed by atoms with van der Waals surface area (Å²) in [6.07, 6.45) is 4.25. The Hall–Kier alpha value is -3.58. The number of rotatable bonds is 8. The molecule has 1 aromatic heterocycles. The summed E-state index contributed by atoms with van der Waals surface area (Å²) in [6, 6.07) is 13.9. The summed E-state index contributed by atoms with van der Waals surface area (Å²) < 4.78 is 11.6. The Kier molecular flexibility index (Phi) is 7.87. The van der Waals surface area contributed by atoms with Gasteiger partial charge in [0.1, 0.15) is 11.5 Å². The molecule has 0 spiro atoms. The van der Waals surface area contributed by atoms with Gasteiger partial charge in [-0.2, -0.15) is 5.10 Å². The number of carbonyl (C=O) groups excluding carboxylic acids is 2. The highest BCUT2D eigenvalue weighted by molar-refractivity contribution is 6.31. The first kappa shape index (κ1) is 24.5. The third kappa shape index (κ3) is 5.92. The van der Waals surface area contributed by atoms with Crippen molar-refractivity contribution in [3.63, 3.8) is 0 Å². The van der Waals surface area contributed by atoms with Gasteiger partial charge in [-0.15, -0.1) is 0 Å². The van der Waals surface area contributed by atoms with Crippen molar-refractivity contribution in [2.75, 3.05) is 11.9 Å². The van der Waals surface area contributed by atoms with E-state index in [4.69, 9.17) is 20.8 Å². The lowest BCUT2D eigenvalue weighted by molar-refractivity contribution is 0.0953. The van der Waals surface area contributed by atoms with E-state index in [0.717, 1.165) is 30.6 Å². The van der Waals surface area contributed by atoms with Gasteiger partial charge in [-0.1, -0.05) is 31.0 Å². The number of anilines is 1. The number of nitrogens with one attached hydrogen (secondary N) is 2. The van der Waals surface area contributed by atoms with Crippen molar-refractivity contribution in [1.82, 2.24) is 5.43 Å². The van der Waals surface area contributed by atoms with E-state index in [1.807, 2.05) is 19.1 Å². The zero-order valence-electron chi connectivity index (χ0n) is 19.8. The number of carbonyl (C=O) groups is 2. The highest BCUT2D eigenvalue weighted by atomic mass is 35.5. The normalized spacial score (nSPS) is 13.9. The minimum Gasteiger partial charge on any atom is -0.494 e. The molecule has 35 heavy (non-hydrogen) atoms. The van der Waals surface area contributed by atoms with E-state index in [-0.39, 0.29) is 17.6 Å². The van der Waals surface area contributed by atoms with Crippen LogP contribution in [-0.2, 0) is 6.42 Å². The molecule has 1 aliphatic carbocycles. The molecule has 0 atom stereocenters. The number of ether oxygens (including phenoxy) is 1. The SMILES string of the molecule is CCCCOc1ccc(NC(=O)c2oc3c(c2C)/C(=N/NC(=O)c2cccc(Cl)c2)CCC3)cc1.